The summed E-state index contributed by atoms with van der Waals surface area (Å²) in [6.07, 6.45) is 6.64. The monoisotopic (exact) mass is 402 g/mol. The number of carbonyl (C=O) groups is 1. The van der Waals surface area contributed by atoms with Gasteiger partial charge < -0.3 is 9.47 Å². The number of carbonyl (C=O) groups excluding carboxylic acids is 1. The number of hydrazone groups is 1. The van der Waals surface area contributed by atoms with E-state index in [9.17, 15) is 4.79 Å². The molecule has 2 aliphatic heterocycles. The van der Waals surface area contributed by atoms with Crippen LogP contribution in [0.2, 0.25) is 0 Å². The minimum absolute atomic E-state index is 0.0704. The van der Waals surface area contributed by atoms with Crippen LogP contribution >= 0.6 is 0 Å². The number of fused-ring (bicyclic) bond motifs is 2. The summed E-state index contributed by atoms with van der Waals surface area (Å²) < 4.78 is 11.8. The van der Waals surface area contributed by atoms with Crippen LogP contribution in [0.1, 0.15) is 37.8 Å². The third kappa shape index (κ3) is 3.00. The maximum absolute atomic E-state index is 13.3. The Morgan fingerprint density at radius 3 is 2.53 bits per heavy atom. The topological polar surface area (TPSA) is 51.1 Å². The van der Waals surface area contributed by atoms with Crippen molar-refractivity contribution in [3.8, 4) is 11.5 Å². The number of amides is 1. The van der Waals surface area contributed by atoms with Gasteiger partial charge in [0, 0.05) is 23.5 Å². The molecule has 3 aliphatic rings. The fraction of sp³-hybridized carbons (Fsp3) is 0.360. The van der Waals surface area contributed by atoms with E-state index in [1.165, 1.54) is 0 Å². The zero-order valence-electron chi connectivity index (χ0n) is 17.6. The zero-order valence-corrected chi connectivity index (χ0v) is 17.6. The van der Waals surface area contributed by atoms with Gasteiger partial charge in [-0.25, -0.2) is 5.01 Å². The van der Waals surface area contributed by atoms with E-state index in [1.807, 2.05) is 36.4 Å². The van der Waals surface area contributed by atoms with Gasteiger partial charge in [-0.1, -0.05) is 30.4 Å². The Balaban J connectivity index is 1.68. The highest BCUT2D eigenvalue weighted by Gasteiger charge is 2.43. The number of para-hydroxylation sites is 1. The summed E-state index contributed by atoms with van der Waals surface area (Å²) in [5, 5.41) is 6.53. The predicted molar refractivity (Wildman–Crippen MR) is 117 cm³/mol. The Hall–Kier alpha value is -3.08. The summed E-state index contributed by atoms with van der Waals surface area (Å²) in [7, 11) is 1.67. The number of ether oxygens (including phenoxy) is 2. The molecule has 1 aliphatic carbocycles. The molecule has 0 radical (unpaired) electrons. The van der Waals surface area contributed by atoms with Crippen LogP contribution in [-0.4, -0.2) is 24.3 Å². The van der Waals surface area contributed by atoms with E-state index in [4.69, 9.17) is 14.6 Å². The highest BCUT2D eigenvalue weighted by molar-refractivity contribution is 6.12. The first-order chi connectivity index (χ1) is 14.5. The smallest absolute Gasteiger partial charge is 0.251 e. The fourth-order valence-electron chi connectivity index (χ4n) is 4.82. The number of rotatable bonds is 3. The second-order valence-corrected chi connectivity index (χ2v) is 8.79. The molecule has 0 spiro atoms. The van der Waals surface area contributed by atoms with Crippen molar-refractivity contribution in [2.45, 2.75) is 38.7 Å². The molecule has 0 saturated carbocycles. The van der Waals surface area contributed by atoms with Crippen LogP contribution in [0.15, 0.2) is 59.7 Å². The van der Waals surface area contributed by atoms with E-state index in [-0.39, 0.29) is 23.3 Å². The van der Waals surface area contributed by atoms with Crippen LogP contribution < -0.4 is 14.5 Å². The lowest BCUT2D eigenvalue weighted by Gasteiger charge is -2.37. The van der Waals surface area contributed by atoms with Gasteiger partial charge in [-0.3, -0.25) is 4.79 Å². The number of nitrogens with zero attached hydrogens (tertiary/aromatic N) is 2. The molecule has 5 nitrogen and oxygen atoms in total. The van der Waals surface area contributed by atoms with Crippen molar-refractivity contribution in [3.63, 3.8) is 0 Å². The number of hydrogen-bond acceptors (Lipinski definition) is 4. The molecule has 5 rings (SSSR count). The lowest BCUT2D eigenvalue weighted by atomic mass is 9.75. The summed E-state index contributed by atoms with van der Waals surface area (Å²) in [5.41, 5.74) is 3.65. The van der Waals surface area contributed by atoms with Gasteiger partial charge in [0.05, 0.1) is 24.4 Å². The van der Waals surface area contributed by atoms with Gasteiger partial charge in [0.1, 0.15) is 5.60 Å². The molecule has 30 heavy (non-hydrogen) atoms. The van der Waals surface area contributed by atoms with Crippen LogP contribution in [0.25, 0.3) is 0 Å². The number of hydrogen-bond donors (Lipinski definition) is 0. The lowest BCUT2D eigenvalue weighted by molar-refractivity contribution is -0.123. The van der Waals surface area contributed by atoms with Gasteiger partial charge in [0.2, 0.25) is 0 Å². The molecule has 2 heterocycles. The van der Waals surface area contributed by atoms with E-state index >= 15 is 0 Å². The maximum Gasteiger partial charge on any atom is 0.251 e. The highest BCUT2D eigenvalue weighted by atomic mass is 16.5. The Bertz CT molecular complexity index is 1060. The summed E-state index contributed by atoms with van der Waals surface area (Å²) in [4.78, 5) is 13.3. The van der Waals surface area contributed by atoms with Crippen molar-refractivity contribution < 1.29 is 14.3 Å². The summed E-state index contributed by atoms with van der Waals surface area (Å²) in [6.45, 7) is 4.18. The van der Waals surface area contributed by atoms with E-state index in [0.717, 1.165) is 53.3 Å². The van der Waals surface area contributed by atoms with E-state index < -0.39 is 0 Å². The molecule has 2 aromatic carbocycles. The fourth-order valence-corrected chi connectivity index (χ4v) is 4.82. The summed E-state index contributed by atoms with van der Waals surface area (Å²) in [5.74, 6) is 1.58. The zero-order chi connectivity index (χ0) is 20.9. The highest BCUT2D eigenvalue weighted by Crippen LogP contribution is 2.46. The second kappa shape index (κ2) is 7.01. The molecular formula is C25H26N2O3. The molecule has 154 valence electrons. The lowest BCUT2D eigenvalue weighted by Crippen LogP contribution is -2.45. The van der Waals surface area contributed by atoms with Crippen LogP contribution in [0.4, 0.5) is 5.69 Å². The van der Waals surface area contributed by atoms with Gasteiger partial charge >= 0.3 is 0 Å². The summed E-state index contributed by atoms with van der Waals surface area (Å²) >= 11 is 0. The number of methoxy groups -OCH3 is 1. The standard InChI is InChI=1S/C25H26N2O3/c1-25(2)15-20-18(13-14-21(29-3)23(20)30-25)22-17-11-7-8-12-19(17)24(28)27(26-22)16-9-5-4-6-10-16/h4-10,13-14,17,19H,11-12,15H2,1-3H3/t17-,19+/m1/s1. The SMILES string of the molecule is COc1ccc(C2=NN(c3ccccc3)C(=O)[C@H]3CC=CC[C@@H]23)c2c1OC(C)(C)C2. The third-order valence-electron chi connectivity index (χ3n) is 6.22. The number of benzene rings is 2. The molecule has 0 N–H and O–H groups in total. The average Bonchev–Trinajstić information content (AvgIpc) is 3.09. The largest absolute Gasteiger partial charge is 0.493 e. The van der Waals surface area contributed by atoms with E-state index in [2.05, 4.69) is 32.1 Å². The first kappa shape index (κ1) is 18.9. The molecule has 5 heteroatoms. The van der Waals surface area contributed by atoms with Gasteiger partial charge in [-0.15, -0.1) is 0 Å². The van der Waals surface area contributed by atoms with Crippen molar-refractivity contribution in [1.82, 2.24) is 0 Å². The predicted octanol–water partition coefficient (Wildman–Crippen LogP) is 4.74. The third-order valence-corrected chi connectivity index (χ3v) is 6.22. The molecule has 0 bridgehead atoms. The molecule has 0 unspecified atom stereocenters. The molecule has 1 amide bonds. The van der Waals surface area contributed by atoms with Crippen molar-refractivity contribution in [2.24, 2.45) is 16.9 Å². The van der Waals surface area contributed by atoms with E-state index in [0.29, 0.717) is 0 Å². The maximum atomic E-state index is 13.3. The van der Waals surface area contributed by atoms with Crippen molar-refractivity contribution >= 4 is 17.3 Å². The van der Waals surface area contributed by atoms with Crippen molar-refractivity contribution in [1.29, 1.82) is 0 Å². The Morgan fingerprint density at radius 2 is 1.80 bits per heavy atom. The normalized spacial score (nSPS) is 24.0. The molecule has 0 fully saturated rings. The molecule has 2 atom stereocenters. The summed E-state index contributed by atoms with van der Waals surface area (Å²) in [6, 6.07) is 13.7. The molecule has 2 aromatic rings. The molecular weight excluding hydrogens is 376 g/mol. The second-order valence-electron chi connectivity index (χ2n) is 8.79. The molecule has 0 aromatic heterocycles. The number of anilines is 1. The van der Waals surface area contributed by atoms with Crippen LogP contribution in [0.5, 0.6) is 11.5 Å². The quantitative estimate of drug-likeness (QED) is 0.697. The van der Waals surface area contributed by atoms with Gasteiger partial charge in [-0.05, 0) is 51.0 Å². The van der Waals surface area contributed by atoms with Crippen molar-refractivity contribution in [2.75, 3.05) is 12.1 Å². The Morgan fingerprint density at radius 1 is 1.07 bits per heavy atom. The minimum atomic E-state index is -0.304. The van der Waals surface area contributed by atoms with Gasteiger partial charge in [0.25, 0.3) is 5.91 Å². The van der Waals surface area contributed by atoms with E-state index in [1.54, 1.807) is 12.1 Å². The first-order valence-electron chi connectivity index (χ1n) is 10.5. The Kier molecular flexibility index (Phi) is 4.42. The first-order valence-corrected chi connectivity index (χ1v) is 10.5. The van der Waals surface area contributed by atoms with Crippen molar-refractivity contribution in [3.05, 3.63) is 65.7 Å². The van der Waals surface area contributed by atoms with Crippen LogP contribution in [0, 0.1) is 11.8 Å². The average molecular weight is 402 g/mol. The number of allylic oxidation sites excluding steroid dienone is 2. The Labute approximate surface area is 177 Å². The van der Waals surface area contributed by atoms with Crippen LogP contribution in [-0.2, 0) is 11.2 Å². The van der Waals surface area contributed by atoms with Crippen LogP contribution in [0.3, 0.4) is 0 Å². The minimum Gasteiger partial charge on any atom is -0.493 e. The van der Waals surface area contributed by atoms with Gasteiger partial charge in [-0.2, -0.15) is 5.10 Å². The van der Waals surface area contributed by atoms with Gasteiger partial charge in [0.15, 0.2) is 11.5 Å². The molecule has 0 saturated heterocycles.